The predicted molar refractivity (Wildman–Crippen MR) is 61.5 cm³/mol. The summed E-state index contributed by atoms with van der Waals surface area (Å²) in [5.74, 6) is 0. The molecule has 2 heteroatoms. The summed E-state index contributed by atoms with van der Waals surface area (Å²) in [6.45, 7) is 5.84. The molecule has 0 aliphatic heterocycles. The lowest BCUT2D eigenvalue weighted by Gasteiger charge is -1.97. The topological polar surface area (TPSA) is 49.8 Å². The average Bonchev–Trinajstić information content (AvgIpc) is 2.25. The van der Waals surface area contributed by atoms with E-state index in [-0.39, 0.29) is 0 Å². The van der Waals surface area contributed by atoms with Crippen LogP contribution in [-0.4, -0.2) is 0 Å². The summed E-state index contributed by atoms with van der Waals surface area (Å²) < 4.78 is 0. The molecule has 2 N–H and O–H groups in total. The molecule has 0 atom stereocenters. The van der Waals surface area contributed by atoms with E-state index < -0.39 is 0 Å². The second kappa shape index (κ2) is 6.73. The van der Waals surface area contributed by atoms with Crippen molar-refractivity contribution in [2.24, 2.45) is 0 Å². The summed E-state index contributed by atoms with van der Waals surface area (Å²) in [6, 6.07) is 9.37. The van der Waals surface area contributed by atoms with Crippen LogP contribution < -0.4 is 5.73 Å². The first-order valence-corrected chi connectivity index (χ1v) is 4.70. The van der Waals surface area contributed by atoms with Crippen molar-refractivity contribution in [1.29, 1.82) is 5.26 Å². The minimum Gasteiger partial charge on any atom is -0.399 e. The van der Waals surface area contributed by atoms with Gasteiger partial charge in [-0.1, -0.05) is 32.1 Å². The maximum atomic E-state index is 8.70. The maximum absolute atomic E-state index is 8.70. The Bertz CT molecular complexity index is 328. The van der Waals surface area contributed by atoms with Gasteiger partial charge in [-0.2, -0.15) is 5.26 Å². The molecule has 0 radical (unpaired) electrons. The smallest absolute Gasteiger partial charge is 0.0994 e. The summed E-state index contributed by atoms with van der Waals surface area (Å²) in [6.07, 6.45) is 1.78. The molecule has 0 heterocycles. The first-order chi connectivity index (χ1) is 6.77. The molecule has 0 aromatic heterocycles. The number of hydrogen-bond donors (Lipinski definition) is 1. The second-order valence-corrected chi connectivity index (χ2v) is 2.44. The Hall–Kier alpha value is -1.75. The van der Waals surface area contributed by atoms with Gasteiger partial charge in [-0.25, -0.2) is 0 Å². The fourth-order valence-corrected chi connectivity index (χ4v) is 0.958. The number of nitrogens with two attached hydrogens (primary N) is 1. The van der Waals surface area contributed by atoms with Gasteiger partial charge in [0.2, 0.25) is 0 Å². The molecule has 0 aliphatic rings. The molecule has 14 heavy (non-hydrogen) atoms. The third-order valence-electron chi connectivity index (χ3n) is 1.63. The van der Waals surface area contributed by atoms with E-state index in [1.807, 2.05) is 32.9 Å². The summed E-state index contributed by atoms with van der Waals surface area (Å²) in [7, 11) is 0. The summed E-state index contributed by atoms with van der Waals surface area (Å²) in [4.78, 5) is 0. The van der Waals surface area contributed by atoms with E-state index in [1.54, 1.807) is 18.2 Å². The number of anilines is 1. The number of rotatable bonds is 1. The van der Waals surface area contributed by atoms with Crippen LogP contribution in [0.3, 0.4) is 0 Å². The lowest BCUT2D eigenvalue weighted by Crippen LogP contribution is -1.85. The highest BCUT2D eigenvalue weighted by Crippen LogP contribution is 2.14. The number of hydrogen-bond acceptors (Lipinski definition) is 2. The summed E-state index contributed by atoms with van der Waals surface area (Å²) in [5, 5.41) is 8.70. The van der Waals surface area contributed by atoms with Crippen molar-refractivity contribution in [2.75, 3.05) is 5.73 Å². The van der Waals surface area contributed by atoms with Crippen molar-refractivity contribution in [3.63, 3.8) is 0 Å². The molecule has 1 rings (SSSR count). The van der Waals surface area contributed by atoms with E-state index in [0.29, 0.717) is 11.3 Å². The summed E-state index contributed by atoms with van der Waals surface area (Å²) in [5.41, 5.74) is 7.81. The molecule has 0 aliphatic carbocycles. The number of benzene rings is 1. The minimum atomic E-state index is 0.676. The second-order valence-electron chi connectivity index (χ2n) is 2.44. The van der Waals surface area contributed by atoms with Crippen LogP contribution in [0.1, 0.15) is 26.3 Å². The van der Waals surface area contributed by atoms with Gasteiger partial charge in [-0.05, 0) is 24.6 Å². The average molecular weight is 188 g/mol. The van der Waals surface area contributed by atoms with Crippen molar-refractivity contribution in [2.45, 2.75) is 20.8 Å². The zero-order valence-corrected chi connectivity index (χ0v) is 8.91. The van der Waals surface area contributed by atoms with Crippen molar-refractivity contribution in [1.82, 2.24) is 0 Å². The molecule has 0 amide bonds. The molecule has 0 bridgehead atoms. The first kappa shape index (κ1) is 12.2. The molecule has 0 spiro atoms. The Morgan fingerprint density at radius 2 is 1.79 bits per heavy atom. The quantitative estimate of drug-likeness (QED) is 0.543. The lowest BCUT2D eigenvalue weighted by molar-refractivity contribution is 1.50. The monoisotopic (exact) mass is 188 g/mol. The van der Waals surface area contributed by atoms with Crippen LogP contribution >= 0.6 is 0 Å². The SMILES string of the molecule is C/C=C(\C#N)c1ccc(N)cc1.CC. The number of allylic oxidation sites excluding steroid dienone is 2. The normalized spacial score (nSPS) is 9.71. The fourth-order valence-electron chi connectivity index (χ4n) is 0.958. The standard InChI is InChI=1S/C10H10N2.C2H6/c1-2-8(7-11)9-3-5-10(12)6-4-9;1-2/h2-6H,12H2,1H3;1-2H3/b8-2+;. The van der Waals surface area contributed by atoms with Gasteiger partial charge in [0.15, 0.2) is 0 Å². The molecular weight excluding hydrogens is 172 g/mol. The Morgan fingerprint density at radius 3 is 2.14 bits per heavy atom. The van der Waals surface area contributed by atoms with Gasteiger partial charge in [-0.15, -0.1) is 0 Å². The molecule has 0 fully saturated rings. The molecular formula is C12H16N2. The van der Waals surface area contributed by atoms with Gasteiger partial charge in [0.1, 0.15) is 0 Å². The number of nitrogen functional groups attached to an aromatic ring is 1. The van der Waals surface area contributed by atoms with Crippen LogP contribution in [0, 0.1) is 11.3 Å². The zero-order chi connectivity index (χ0) is 11.0. The van der Waals surface area contributed by atoms with Crippen LogP contribution in [0.25, 0.3) is 5.57 Å². The van der Waals surface area contributed by atoms with Gasteiger partial charge in [0, 0.05) is 5.69 Å². The predicted octanol–water partition coefficient (Wildman–Crippen LogP) is 3.22. The van der Waals surface area contributed by atoms with E-state index in [9.17, 15) is 0 Å². The van der Waals surface area contributed by atoms with Crippen LogP contribution in [-0.2, 0) is 0 Å². The third-order valence-corrected chi connectivity index (χ3v) is 1.63. The van der Waals surface area contributed by atoms with Crippen molar-refractivity contribution >= 4 is 11.3 Å². The van der Waals surface area contributed by atoms with E-state index in [1.165, 1.54) is 0 Å². The largest absolute Gasteiger partial charge is 0.399 e. The molecule has 0 saturated heterocycles. The van der Waals surface area contributed by atoms with Gasteiger partial charge in [0.05, 0.1) is 11.6 Å². The van der Waals surface area contributed by atoms with Crippen molar-refractivity contribution in [3.8, 4) is 6.07 Å². The van der Waals surface area contributed by atoms with Gasteiger partial charge >= 0.3 is 0 Å². The van der Waals surface area contributed by atoms with Crippen molar-refractivity contribution < 1.29 is 0 Å². The highest BCUT2D eigenvalue weighted by atomic mass is 14.5. The van der Waals surface area contributed by atoms with Crippen LogP contribution in [0.5, 0.6) is 0 Å². The third kappa shape index (κ3) is 3.32. The Morgan fingerprint density at radius 1 is 1.29 bits per heavy atom. The molecule has 1 aromatic carbocycles. The Balaban J connectivity index is 0.000000791. The van der Waals surface area contributed by atoms with Gasteiger partial charge in [0.25, 0.3) is 0 Å². The highest BCUT2D eigenvalue weighted by molar-refractivity contribution is 5.76. The zero-order valence-electron chi connectivity index (χ0n) is 8.91. The van der Waals surface area contributed by atoms with Gasteiger partial charge in [-0.3, -0.25) is 0 Å². The van der Waals surface area contributed by atoms with E-state index in [4.69, 9.17) is 11.0 Å². The fraction of sp³-hybridized carbons (Fsp3) is 0.250. The minimum absolute atomic E-state index is 0.676. The van der Waals surface area contributed by atoms with Crippen LogP contribution in [0.15, 0.2) is 30.3 Å². The number of nitriles is 1. The van der Waals surface area contributed by atoms with E-state index in [0.717, 1.165) is 5.56 Å². The van der Waals surface area contributed by atoms with Crippen LogP contribution in [0.2, 0.25) is 0 Å². The molecule has 0 unspecified atom stereocenters. The van der Waals surface area contributed by atoms with Crippen molar-refractivity contribution in [3.05, 3.63) is 35.9 Å². The lowest BCUT2D eigenvalue weighted by atomic mass is 10.1. The Labute approximate surface area is 85.7 Å². The first-order valence-electron chi connectivity index (χ1n) is 4.70. The number of nitrogens with zero attached hydrogens (tertiary/aromatic N) is 1. The molecule has 1 aromatic rings. The molecule has 74 valence electrons. The summed E-state index contributed by atoms with van der Waals surface area (Å²) >= 11 is 0. The van der Waals surface area contributed by atoms with E-state index >= 15 is 0 Å². The van der Waals surface area contributed by atoms with E-state index in [2.05, 4.69) is 6.07 Å². The molecule has 0 saturated carbocycles. The van der Waals surface area contributed by atoms with Crippen LogP contribution in [0.4, 0.5) is 5.69 Å². The molecule has 2 nitrogen and oxygen atoms in total. The highest BCUT2D eigenvalue weighted by Gasteiger charge is 1.96. The van der Waals surface area contributed by atoms with Gasteiger partial charge < -0.3 is 5.73 Å². The maximum Gasteiger partial charge on any atom is 0.0994 e. The Kier molecular flexibility index (Phi) is 5.89.